The van der Waals surface area contributed by atoms with Crippen LogP contribution in [0.4, 0.5) is 0 Å². The van der Waals surface area contributed by atoms with Gasteiger partial charge in [-0.25, -0.2) is 0 Å². The predicted octanol–water partition coefficient (Wildman–Crippen LogP) is 10.2. The van der Waals surface area contributed by atoms with Gasteiger partial charge in [0, 0.05) is 16.5 Å². The van der Waals surface area contributed by atoms with E-state index in [1.165, 1.54) is 49.9 Å². The van der Waals surface area contributed by atoms with Gasteiger partial charge in [0.25, 0.3) is 0 Å². The lowest BCUT2D eigenvalue weighted by molar-refractivity contribution is 1.18. The Labute approximate surface area is 259 Å². The minimum Gasteiger partial charge on any atom is -0.309 e. The SMILES string of the molecule is [B]c1ccc2c(c1)c1ccccc1n2-c1cc(-c2cccc(-c3ccccc3)c2)cc(-c2cccc(-c3ccccc3)c2)c1. The van der Waals surface area contributed by atoms with Crippen molar-refractivity contribution >= 4 is 35.1 Å². The molecule has 0 fully saturated rings. The quantitative estimate of drug-likeness (QED) is 0.186. The predicted molar refractivity (Wildman–Crippen MR) is 188 cm³/mol. The fourth-order valence-electron chi connectivity index (χ4n) is 6.36. The average molecular weight is 558 g/mol. The second-order valence-corrected chi connectivity index (χ2v) is 11.3. The van der Waals surface area contributed by atoms with Crippen LogP contribution in [0.25, 0.3) is 72.0 Å². The van der Waals surface area contributed by atoms with Crippen LogP contribution in [0.5, 0.6) is 0 Å². The lowest BCUT2D eigenvalue weighted by Gasteiger charge is -2.15. The Morgan fingerprint density at radius 3 is 1.36 bits per heavy atom. The Kier molecular flexibility index (Phi) is 6.46. The second kappa shape index (κ2) is 10.9. The number of hydrogen-bond acceptors (Lipinski definition) is 0. The average Bonchev–Trinajstić information content (AvgIpc) is 3.42. The van der Waals surface area contributed by atoms with E-state index < -0.39 is 0 Å². The highest BCUT2D eigenvalue weighted by Gasteiger charge is 2.15. The van der Waals surface area contributed by atoms with E-state index in [0.717, 1.165) is 27.6 Å². The zero-order valence-corrected chi connectivity index (χ0v) is 24.2. The normalized spacial score (nSPS) is 11.3. The first-order valence-electron chi connectivity index (χ1n) is 15.0. The van der Waals surface area contributed by atoms with Crippen molar-refractivity contribution in [2.45, 2.75) is 0 Å². The molecule has 8 rings (SSSR count). The van der Waals surface area contributed by atoms with Crippen LogP contribution in [-0.2, 0) is 0 Å². The molecule has 44 heavy (non-hydrogen) atoms. The van der Waals surface area contributed by atoms with E-state index in [-0.39, 0.29) is 0 Å². The van der Waals surface area contributed by atoms with E-state index in [0.29, 0.717) is 0 Å². The molecule has 1 nitrogen and oxygen atoms in total. The van der Waals surface area contributed by atoms with Gasteiger partial charge in [-0.1, -0.05) is 133 Å². The molecular formula is C42H28BN. The summed E-state index contributed by atoms with van der Waals surface area (Å²) in [5.74, 6) is 0. The van der Waals surface area contributed by atoms with E-state index in [1.807, 2.05) is 6.07 Å². The standard InChI is InChI=1S/C42H28BN/c43-37-21-22-42-40(28-37)39-19-7-8-20-41(39)44(42)38-26-35(33-17-9-15-31(23-33)29-11-3-1-4-12-29)25-36(27-38)34-18-10-16-32(24-34)30-13-5-2-6-14-30/h1-28H. The number of hydrogen-bond donors (Lipinski definition) is 0. The maximum atomic E-state index is 6.28. The molecule has 0 atom stereocenters. The monoisotopic (exact) mass is 557 g/mol. The van der Waals surface area contributed by atoms with Gasteiger partial charge in [0.15, 0.2) is 0 Å². The molecule has 2 radical (unpaired) electrons. The number of para-hydroxylation sites is 1. The molecular weight excluding hydrogens is 529 g/mol. The molecule has 1 heterocycles. The Morgan fingerprint density at radius 2 is 0.773 bits per heavy atom. The largest absolute Gasteiger partial charge is 0.309 e. The maximum absolute atomic E-state index is 6.28. The Bertz CT molecular complexity index is 2180. The van der Waals surface area contributed by atoms with E-state index in [4.69, 9.17) is 7.85 Å². The lowest BCUT2D eigenvalue weighted by Crippen LogP contribution is -2.01. The molecule has 0 aliphatic heterocycles. The molecule has 0 aliphatic rings. The van der Waals surface area contributed by atoms with Crippen LogP contribution in [0.1, 0.15) is 0 Å². The van der Waals surface area contributed by atoms with Crippen molar-refractivity contribution in [3.8, 4) is 50.2 Å². The van der Waals surface area contributed by atoms with Crippen molar-refractivity contribution in [1.29, 1.82) is 0 Å². The highest BCUT2D eigenvalue weighted by Crippen LogP contribution is 2.37. The van der Waals surface area contributed by atoms with Gasteiger partial charge in [0.05, 0.1) is 11.0 Å². The van der Waals surface area contributed by atoms with E-state index >= 15 is 0 Å². The Morgan fingerprint density at radius 1 is 0.318 bits per heavy atom. The Balaban J connectivity index is 1.38. The number of benzene rings is 7. The van der Waals surface area contributed by atoms with Gasteiger partial charge < -0.3 is 4.57 Å². The summed E-state index contributed by atoms with van der Waals surface area (Å²) in [7, 11) is 6.28. The molecule has 0 spiro atoms. The molecule has 0 amide bonds. The summed E-state index contributed by atoms with van der Waals surface area (Å²) >= 11 is 0. The van der Waals surface area contributed by atoms with Crippen LogP contribution >= 0.6 is 0 Å². The van der Waals surface area contributed by atoms with Gasteiger partial charge >= 0.3 is 0 Å². The van der Waals surface area contributed by atoms with Crippen molar-refractivity contribution in [2.75, 3.05) is 0 Å². The zero-order valence-electron chi connectivity index (χ0n) is 24.2. The molecule has 0 unspecified atom stereocenters. The summed E-state index contributed by atoms with van der Waals surface area (Å²) in [4.78, 5) is 0. The summed E-state index contributed by atoms with van der Waals surface area (Å²) < 4.78 is 2.37. The molecule has 0 N–H and O–H groups in total. The summed E-state index contributed by atoms with van der Waals surface area (Å²) in [5.41, 5.74) is 13.7. The van der Waals surface area contributed by atoms with Crippen LogP contribution in [0.2, 0.25) is 0 Å². The smallest absolute Gasteiger partial charge is 0.113 e. The zero-order chi connectivity index (χ0) is 29.5. The van der Waals surface area contributed by atoms with Crippen LogP contribution in [0, 0.1) is 0 Å². The minimum atomic E-state index is 0.769. The highest BCUT2D eigenvalue weighted by molar-refractivity contribution is 6.34. The molecule has 8 aromatic rings. The summed E-state index contributed by atoms with van der Waals surface area (Å²) in [5, 5.41) is 2.35. The Hall–Kier alpha value is -5.60. The summed E-state index contributed by atoms with van der Waals surface area (Å²) in [6.45, 7) is 0. The fourth-order valence-corrected chi connectivity index (χ4v) is 6.36. The second-order valence-electron chi connectivity index (χ2n) is 11.3. The van der Waals surface area contributed by atoms with Crippen molar-refractivity contribution in [2.24, 2.45) is 0 Å². The van der Waals surface area contributed by atoms with Gasteiger partial charge in [-0.05, 0) is 87.0 Å². The third-order valence-electron chi connectivity index (χ3n) is 8.48. The van der Waals surface area contributed by atoms with E-state index in [2.05, 4.69) is 168 Å². The van der Waals surface area contributed by atoms with Crippen LogP contribution < -0.4 is 5.46 Å². The third kappa shape index (κ3) is 4.71. The van der Waals surface area contributed by atoms with E-state index in [9.17, 15) is 0 Å². The summed E-state index contributed by atoms with van der Waals surface area (Å²) in [6, 6.07) is 60.6. The fraction of sp³-hybridized carbons (Fsp3) is 0. The number of fused-ring (bicyclic) bond motifs is 3. The highest BCUT2D eigenvalue weighted by atomic mass is 15.0. The van der Waals surface area contributed by atoms with Crippen LogP contribution in [0.3, 0.4) is 0 Å². The van der Waals surface area contributed by atoms with Crippen molar-refractivity contribution < 1.29 is 0 Å². The molecule has 0 aliphatic carbocycles. The van der Waals surface area contributed by atoms with E-state index in [1.54, 1.807) is 0 Å². The van der Waals surface area contributed by atoms with Gasteiger partial charge in [0.2, 0.25) is 0 Å². The molecule has 2 heteroatoms. The number of aromatic nitrogens is 1. The van der Waals surface area contributed by atoms with Crippen molar-refractivity contribution in [3.63, 3.8) is 0 Å². The number of rotatable bonds is 5. The molecule has 0 bridgehead atoms. The lowest BCUT2D eigenvalue weighted by atomic mass is 9.94. The van der Waals surface area contributed by atoms with Crippen LogP contribution in [0.15, 0.2) is 170 Å². The van der Waals surface area contributed by atoms with Gasteiger partial charge in [-0.15, -0.1) is 0 Å². The minimum absolute atomic E-state index is 0.769. The topological polar surface area (TPSA) is 4.93 Å². The van der Waals surface area contributed by atoms with Crippen molar-refractivity contribution in [3.05, 3.63) is 170 Å². The molecule has 0 saturated carbocycles. The first kappa shape index (κ1) is 26.1. The van der Waals surface area contributed by atoms with Crippen LogP contribution in [-0.4, -0.2) is 12.4 Å². The molecule has 204 valence electrons. The molecule has 7 aromatic carbocycles. The van der Waals surface area contributed by atoms with Crippen molar-refractivity contribution in [1.82, 2.24) is 4.57 Å². The van der Waals surface area contributed by atoms with Gasteiger partial charge in [0.1, 0.15) is 7.85 Å². The van der Waals surface area contributed by atoms with Gasteiger partial charge in [-0.2, -0.15) is 0 Å². The summed E-state index contributed by atoms with van der Waals surface area (Å²) in [6.07, 6.45) is 0. The molecule has 1 aromatic heterocycles. The van der Waals surface area contributed by atoms with Gasteiger partial charge in [-0.3, -0.25) is 0 Å². The first-order valence-corrected chi connectivity index (χ1v) is 15.0. The third-order valence-corrected chi connectivity index (χ3v) is 8.48. The molecule has 0 saturated heterocycles. The maximum Gasteiger partial charge on any atom is 0.113 e. The first-order chi connectivity index (χ1) is 21.7. The number of nitrogens with zero attached hydrogens (tertiary/aromatic N) is 1.